The van der Waals surface area contributed by atoms with Gasteiger partial charge >= 0.3 is 5.97 Å². The van der Waals surface area contributed by atoms with E-state index in [1.165, 1.54) is 0 Å². The first-order chi connectivity index (χ1) is 15.9. The molecule has 1 N–H and O–H groups in total. The van der Waals surface area contributed by atoms with Gasteiger partial charge in [-0.1, -0.05) is 17.7 Å². The number of carbonyl (C=O) groups is 2. The third-order valence-electron chi connectivity index (χ3n) is 4.95. The van der Waals surface area contributed by atoms with E-state index >= 15 is 0 Å². The number of methoxy groups -OCH3 is 1. The van der Waals surface area contributed by atoms with Gasteiger partial charge in [0, 0.05) is 16.3 Å². The molecular formula is C24H21N3O5S. The number of nitrogens with one attached hydrogen (secondary N) is 1. The van der Waals surface area contributed by atoms with Gasteiger partial charge in [0.15, 0.2) is 5.69 Å². The Kier molecular flexibility index (Phi) is 6.23. The van der Waals surface area contributed by atoms with Gasteiger partial charge in [0.05, 0.1) is 24.8 Å². The molecule has 1 amide bonds. The van der Waals surface area contributed by atoms with Crippen molar-refractivity contribution in [2.75, 3.05) is 19.0 Å². The summed E-state index contributed by atoms with van der Waals surface area (Å²) in [5, 5.41) is 9.57. The molecule has 2 aromatic heterocycles. The number of esters is 1. The van der Waals surface area contributed by atoms with E-state index in [4.69, 9.17) is 9.47 Å². The number of aromatic nitrogens is 2. The second-order valence-electron chi connectivity index (χ2n) is 7.16. The lowest BCUT2D eigenvalue weighted by Crippen LogP contribution is -2.25. The van der Waals surface area contributed by atoms with Gasteiger partial charge in [-0.2, -0.15) is 9.78 Å². The van der Waals surface area contributed by atoms with Crippen LogP contribution in [-0.4, -0.2) is 35.4 Å². The molecule has 4 rings (SSSR count). The van der Waals surface area contributed by atoms with Crippen LogP contribution in [0, 0.1) is 6.92 Å². The molecule has 0 atom stereocenters. The summed E-state index contributed by atoms with van der Waals surface area (Å²) in [5.74, 6) is -0.397. The zero-order valence-electron chi connectivity index (χ0n) is 18.2. The molecule has 0 aliphatic heterocycles. The number of hydrogen-bond donors (Lipinski definition) is 1. The molecule has 0 saturated heterocycles. The number of fused-ring (bicyclic) bond motifs is 1. The molecule has 8 nitrogen and oxygen atoms in total. The number of nitrogens with zero attached hydrogens (tertiary/aromatic N) is 2. The number of aryl methyl sites for hydroxylation is 1. The summed E-state index contributed by atoms with van der Waals surface area (Å²) >= 11 is 1.15. The summed E-state index contributed by atoms with van der Waals surface area (Å²) in [4.78, 5) is 38.9. The van der Waals surface area contributed by atoms with Gasteiger partial charge in [0.2, 0.25) is 0 Å². The van der Waals surface area contributed by atoms with Crippen LogP contribution >= 0.6 is 11.3 Å². The summed E-state index contributed by atoms with van der Waals surface area (Å²) < 4.78 is 11.5. The van der Waals surface area contributed by atoms with Crippen molar-refractivity contribution >= 4 is 39.0 Å². The van der Waals surface area contributed by atoms with Gasteiger partial charge in [-0.3, -0.25) is 9.59 Å². The zero-order valence-corrected chi connectivity index (χ0v) is 19.1. The first-order valence-corrected chi connectivity index (χ1v) is 11.0. The first kappa shape index (κ1) is 22.2. The maximum Gasteiger partial charge on any atom is 0.359 e. The molecule has 33 heavy (non-hydrogen) atoms. The van der Waals surface area contributed by atoms with Crippen molar-refractivity contribution in [3.63, 3.8) is 0 Å². The molecule has 9 heteroatoms. The molecule has 0 aliphatic carbocycles. The van der Waals surface area contributed by atoms with Crippen LogP contribution in [0.5, 0.6) is 5.75 Å². The Hall–Kier alpha value is -3.98. The van der Waals surface area contributed by atoms with E-state index < -0.39 is 11.5 Å². The third-order valence-corrected chi connectivity index (χ3v) is 5.84. The highest BCUT2D eigenvalue weighted by Crippen LogP contribution is 2.31. The number of anilines is 1. The van der Waals surface area contributed by atoms with Crippen molar-refractivity contribution in [2.24, 2.45) is 0 Å². The predicted molar refractivity (Wildman–Crippen MR) is 127 cm³/mol. The van der Waals surface area contributed by atoms with E-state index in [1.54, 1.807) is 61.9 Å². The van der Waals surface area contributed by atoms with E-state index in [2.05, 4.69) is 10.4 Å². The maximum absolute atomic E-state index is 13.4. The molecule has 2 aromatic carbocycles. The fourth-order valence-corrected chi connectivity index (χ4v) is 4.28. The minimum Gasteiger partial charge on any atom is -0.497 e. The number of amides is 1. The fraction of sp³-hybridized carbons (Fsp3) is 0.167. The minimum atomic E-state index is -0.654. The van der Waals surface area contributed by atoms with Crippen molar-refractivity contribution in [2.45, 2.75) is 13.8 Å². The quantitative estimate of drug-likeness (QED) is 0.431. The van der Waals surface area contributed by atoms with Gasteiger partial charge < -0.3 is 14.8 Å². The Morgan fingerprint density at radius 2 is 1.91 bits per heavy atom. The van der Waals surface area contributed by atoms with Crippen molar-refractivity contribution < 1.29 is 19.1 Å². The predicted octanol–water partition coefficient (Wildman–Crippen LogP) is 4.19. The Morgan fingerprint density at radius 1 is 1.15 bits per heavy atom. The summed E-state index contributed by atoms with van der Waals surface area (Å²) in [5.41, 5.74) is 1.37. The second kappa shape index (κ2) is 9.25. The number of ether oxygens (including phenoxy) is 2. The van der Waals surface area contributed by atoms with Crippen LogP contribution in [0.25, 0.3) is 16.5 Å². The molecule has 0 bridgehead atoms. The monoisotopic (exact) mass is 463 g/mol. The number of benzene rings is 2. The first-order valence-electron chi connectivity index (χ1n) is 10.2. The standard InChI is InChI=1S/C24H21N3O5S/c1-4-32-24(30)20-18-13-33-22(25-21(28)15-7-5-6-14(2)12-15)19(18)23(29)27(26-20)16-8-10-17(31-3)11-9-16/h5-13H,4H2,1-3H3,(H,25,28). The van der Waals surface area contributed by atoms with Gasteiger partial charge in [-0.05, 0) is 50.2 Å². The average Bonchev–Trinajstić information content (AvgIpc) is 3.23. The smallest absolute Gasteiger partial charge is 0.359 e. The lowest BCUT2D eigenvalue weighted by Gasteiger charge is -2.10. The van der Waals surface area contributed by atoms with Crippen molar-refractivity contribution in [1.82, 2.24) is 9.78 Å². The third kappa shape index (κ3) is 4.35. The number of hydrogen-bond acceptors (Lipinski definition) is 7. The molecule has 0 aliphatic rings. The van der Waals surface area contributed by atoms with Crippen LogP contribution in [0.3, 0.4) is 0 Å². The SMILES string of the molecule is CCOC(=O)c1nn(-c2ccc(OC)cc2)c(=O)c2c(NC(=O)c3cccc(C)c3)scc12. The highest BCUT2D eigenvalue weighted by Gasteiger charge is 2.23. The van der Waals surface area contributed by atoms with Gasteiger partial charge in [-0.15, -0.1) is 11.3 Å². The number of carbonyl (C=O) groups excluding carboxylic acids is 2. The van der Waals surface area contributed by atoms with Gasteiger partial charge in [0.25, 0.3) is 11.5 Å². The Bertz CT molecular complexity index is 1410. The van der Waals surface area contributed by atoms with Crippen LogP contribution < -0.4 is 15.6 Å². The Balaban J connectivity index is 1.87. The summed E-state index contributed by atoms with van der Waals surface area (Å²) in [6, 6.07) is 13.8. The molecule has 4 aromatic rings. The highest BCUT2D eigenvalue weighted by atomic mass is 32.1. The molecule has 0 unspecified atom stereocenters. The molecule has 0 spiro atoms. The van der Waals surface area contributed by atoms with E-state index in [0.29, 0.717) is 27.4 Å². The lowest BCUT2D eigenvalue weighted by atomic mass is 10.1. The number of thiophene rings is 1. The molecule has 168 valence electrons. The minimum absolute atomic E-state index is 0.00503. The Labute approximate surface area is 193 Å². The van der Waals surface area contributed by atoms with Crippen LogP contribution in [0.15, 0.2) is 58.7 Å². The van der Waals surface area contributed by atoms with E-state index in [9.17, 15) is 14.4 Å². The van der Waals surface area contributed by atoms with Crippen molar-refractivity contribution in [1.29, 1.82) is 0 Å². The van der Waals surface area contributed by atoms with Crippen LogP contribution in [0.1, 0.15) is 33.3 Å². The Morgan fingerprint density at radius 3 is 2.58 bits per heavy atom. The number of rotatable bonds is 6. The summed E-state index contributed by atoms with van der Waals surface area (Å²) in [6.45, 7) is 3.74. The summed E-state index contributed by atoms with van der Waals surface area (Å²) in [6.07, 6.45) is 0. The highest BCUT2D eigenvalue weighted by molar-refractivity contribution is 7.16. The van der Waals surface area contributed by atoms with E-state index in [-0.39, 0.29) is 23.6 Å². The molecular weight excluding hydrogens is 442 g/mol. The molecule has 0 radical (unpaired) electrons. The molecule has 2 heterocycles. The van der Waals surface area contributed by atoms with Crippen LogP contribution in [0.4, 0.5) is 5.00 Å². The normalized spacial score (nSPS) is 10.8. The van der Waals surface area contributed by atoms with Crippen molar-refractivity contribution in [3.05, 3.63) is 81.1 Å². The topological polar surface area (TPSA) is 99.5 Å². The summed E-state index contributed by atoms with van der Waals surface area (Å²) in [7, 11) is 1.54. The van der Waals surface area contributed by atoms with Crippen molar-refractivity contribution in [3.8, 4) is 11.4 Å². The largest absolute Gasteiger partial charge is 0.497 e. The second-order valence-corrected chi connectivity index (χ2v) is 8.04. The lowest BCUT2D eigenvalue weighted by molar-refractivity contribution is 0.0520. The average molecular weight is 464 g/mol. The van der Waals surface area contributed by atoms with Gasteiger partial charge in [0.1, 0.15) is 10.8 Å². The van der Waals surface area contributed by atoms with Gasteiger partial charge in [-0.25, -0.2) is 4.79 Å². The molecule has 0 fully saturated rings. The maximum atomic E-state index is 13.4. The van der Waals surface area contributed by atoms with Crippen LogP contribution in [-0.2, 0) is 4.74 Å². The van der Waals surface area contributed by atoms with E-state index in [0.717, 1.165) is 21.6 Å². The fourth-order valence-electron chi connectivity index (χ4n) is 3.35. The molecule has 0 saturated carbocycles. The van der Waals surface area contributed by atoms with E-state index in [1.807, 2.05) is 13.0 Å². The zero-order chi connectivity index (χ0) is 23.5. The van der Waals surface area contributed by atoms with Crippen LogP contribution in [0.2, 0.25) is 0 Å².